The van der Waals surface area contributed by atoms with E-state index in [0.29, 0.717) is 19.6 Å². The van der Waals surface area contributed by atoms with Crippen LogP contribution in [0.15, 0.2) is 103 Å². The number of amides is 2. The summed E-state index contributed by atoms with van der Waals surface area (Å²) in [5, 5.41) is 0.722. The molecule has 0 aliphatic heterocycles. The Hall–Kier alpha value is -3.83. The first kappa shape index (κ1) is 30.1. The number of hydrogen-bond acceptors (Lipinski definition) is 2. The van der Waals surface area contributed by atoms with Gasteiger partial charge in [0.2, 0.25) is 11.8 Å². The van der Waals surface area contributed by atoms with Gasteiger partial charge in [-0.3, -0.25) is 9.59 Å². The van der Waals surface area contributed by atoms with Crippen LogP contribution >= 0.6 is 11.6 Å². The molecule has 1 aromatic heterocycles. The molecule has 0 atom stereocenters. The molecule has 1 heterocycles. The third-order valence-electron chi connectivity index (χ3n) is 7.24. The monoisotopic (exact) mass is 569 g/mol. The molecule has 0 saturated heterocycles. The number of carbonyl (C=O) groups excluding carboxylic acids is 2. The van der Waals surface area contributed by atoms with E-state index in [4.69, 9.17) is 11.6 Å². The van der Waals surface area contributed by atoms with Crippen molar-refractivity contribution in [1.29, 1.82) is 0 Å². The van der Waals surface area contributed by atoms with E-state index < -0.39 is 5.92 Å². The molecule has 214 valence electrons. The molecule has 0 aliphatic carbocycles. The van der Waals surface area contributed by atoms with Crippen molar-refractivity contribution in [2.24, 2.45) is 5.92 Å². The highest BCUT2D eigenvalue weighted by molar-refractivity contribution is 6.31. The Bertz CT molecular complexity index is 1380. The number of carbonyl (C=O) groups is 2. The highest BCUT2D eigenvalue weighted by Gasteiger charge is 2.31. The molecule has 4 aromatic rings. The molecule has 5 nitrogen and oxygen atoms in total. The van der Waals surface area contributed by atoms with Crippen molar-refractivity contribution in [2.45, 2.75) is 52.7 Å². The third-order valence-corrected chi connectivity index (χ3v) is 7.61. The average Bonchev–Trinajstić information content (AvgIpc) is 3.39. The van der Waals surface area contributed by atoms with Gasteiger partial charge in [-0.1, -0.05) is 104 Å². The summed E-state index contributed by atoms with van der Waals surface area (Å²) in [6.07, 6.45) is 2.02. The van der Waals surface area contributed by atoms with Crippen molar-refractivity contribution in [3.8, 4) is 0 Å². The largest absolute Gasteiger partial charge is 0.345 e. The van der Waals surface area contributed by atoms with Crippen LogP contribution in [-0.2, 0) is 22.7 Å². The van der Waals surface area contributed by atoms with Gasteiger partial charge in [-0.25, -0.2) is 0 Å². The van der Waals surface area contributed by atoms with Crippen LogP contribution in [-0.4, -0.2) is 45.3 Å². The first-order valence-corrected chi connectivity index (χ1v) is 14.7. The minimum absolute atomic E-state index is 0.0185. The standard InChI is InChI=1S/C35H40ClN3O2/c1-26(2)22-38(24-31-19-13-21-37(31)23-30-18-11-12-20-32(30)36)33(40)25-39(27(3)4)35(41)34(28-14-7-5-8-15-28)29-16-9-6-10-17-29/h5-21,26-27,34H,22-25H2,1-4H3. The van der Waals surface area contributed by atoms with Gasteiger partial charge in [-0.2, -0.15) is 0 Å². The van der Waals surface area contributed by atoms with Crippen LogP contribution in [0.3, 0.4) is 0 Å². The molecule has 6 heteroatoms. The molecule has 0 N–H and O–H groups in total. The Kier molecular flexibility index (Phi) is 10.4. The van der Waals surface area contributed by atoms with E-state index in [0.717, 1.165) is 27.4 Å². The van der Waals surface area contributed by atoms with Crippen LogP contribution in [0.25, 0.3) is 0 Å². The molecule has 0 radical (unpaired) electrons. The minimum atomic E-state index is -0.487. The summed E-state index contributed by atoms with van der Waals surface area (Å²) in [5.41, 5.74) is 3.88. The Morgan fingerprint density at radius 1 is 0.780 bits per heavy atom. The first-order chi connectivity index (χ1) is 19.7. The maximum atomic E-state index is 14.2. The fourth-order valence-electron chi connectivity index (χ4n) is 5.14. The van der Waals surface area contributed by atoms with Gasteiger partial charge in [0.25, 0.3) is 0 Å². The zero-order valence-electron chi connectivity index (χ0n) is 24.4. The Morgan fingerprint density at radius 2 is 1.37 bits per heavy atom. The summed E-state index contributed by atoms with van der Waals surface area (Å²) in [5.74, 6) is -0.349. The van der Waals surface area contributed by atoms with Gasteiger partial charge >= 0.3 is 0 Å². The second kappa shape index (κ2) is 14.2. The molecular formula is C35H40ClN3O2. The smallest absolute Gasteiger partial charge is 0.242 e. The van der Waals surface area contributed by atoms with E-state index in [1.54, 1.807) is 4.90 Å². The fraction of sp³-hybridized carbons (Fsp3) is 0.314. The number of aromatic nitrogens is 1. The molecular weight excluding hydrogens is 530 g/mol. The van der Waals surface area contributed by atoms with Crippen LogP contribution < -0.4 is 0 Å². The lowest BCUT2D eigenvalue weighted by atomic mass is 9.89. The molecule has 3 aromatic carbocycles. The van der Waals surface area contributed by atoms with E-state index in [-0.39, 0.29) is 30.3 Å². The summed E-state index contributed by atoms with van der Waals surface area (Å²) in [4.78, 5) is 31.8. The van der Waals surface area contributed by atoms with Crippen molar-refractivity contribution < 1.29 is 9.59 Å². The van der Waals surface area contributed by atoms with Gasteiger partial charge in [0.05, 0.1) is 12.5 Å². The number of benzene rings is 3. The predicted octanol–water partition coefficient (Wildman–Crippen LogP) is 7.24. The maximum Gasteiger partial charge on any atom is 0.242 e. The normalized spacial score (nSPS) is 11.3. The molecule has 0 bridgehead atoms. The van der Waals surface area contributed by atoms with E-state index >= 15 is 0 Å². The highest BCUT2D eigenvalue weighted by Crippen LogP contribution is 2.28. The summed E-state index contributed by atoms with van der Waals surface area (Å²) < 4.78 is 2.13. The third kappa shape index (κ3) is 7.89. The number of halogens is 1. The molecule has 41 heavy (non-hydrogen) atoms. The van der Waals surface area contributed by atoms with Crippen molar-refractivity contribution in [1.82, 2.24) is 14.4 Å². The van der Waals surface area contributed by atoms with Crippen LogP contribution in [0.2, 0.25) is 5.02 Å². The topological polar surface area (TPSA) is 45.6 Å². The zero-order chi connectivity index (χ0) is 29.4. The van der Waals surface area contributed by atoms with Crippen molar-refractivity contribution in [2.75, 3.05) is 13.1 Å². The van der Waals surface area contributed by atoms with Gasteiger partial charge in [-0.05, 0) is 54.7 Å². The summed E-state index contributed by atoms with van der Waals surface area (Å²) in [6.45, 7) is 9.85. The van der Waals surface area contributed by atoms with Crippen molar-refractivity contribution in [3.05, 3.63) is 131 Å². The van der Waals surface area contributed by atoms with Gasteiger partial charge in [0.15, 0.2) is 0 Å². The number of nitrogens with zero attached hydrogens (tertiary/aromatic N) is 3. The Labute approximate surface area is 249 Å². The molecule has 0 unspecified atom stereocenters. The molecule has 0 fully saturated rings. The lowest BCUT2D eigenvalue weighted by molar-refractivity contribution is -0.143. The quantitative estimate of drug-likeness (QED) is 0.180. The summed E-state index contributed by atoms with van der Waals surface area (Å²) >= 11 is 6.43. The fourth-order valence-corrected chi connectivity index (χ4v) is 5.34. The highest BCUT2D eigenvalue weighted by atomic mass is 35.5. The van der Waals surface area contributed by atoms with E-state index in [2.05, 4.69) is 18.4 Å². The number of hydrogen-bond donors (Lipinski definition) is 0. The van der Waals surface area contributed by atoms with Crippen LogP contribution in [0, 0.1) is 5.92 Å². The van der Waals surface area contributed by atoms with Crippen molar-refractivity contribution >= 4 is 23.4 Å². The molecule has 0 saturated carbocycles. The summed E-state index contributed by atoms with van der Waals surface area (Å²) in [7, 11) is 0. The van der Waals surface area contributed by atoms with Gasteiger partial charge in [0.1, 0.15) is 6.54 Å². The number of rotatable bonds is 12. The summed E-state index contributed by atoms with van der Waals surface area (Å²) in [6, 6.07) is 31.3. The zero-order valence-corrected chi connectivity index (χ0v) is 25.2. The molecule has 4 rings (SSSR count). The van der Waals surface area contributed by atoms with E-state index in [1.807, 2.05) is 122 Å². The van der Waals surface area contributed by atoms with Gasteiger partial charge < -0.3 is 14.4 Å². The van der Waals surface area contributed by atoms with Gasteiger partial charge in [0, 0.05) is 36.0 Å². The van der Waals surface area contributed by atoms with Crippen LogP contribution in [0.1, 0.15) is 56.0 Å². The second-order valence-electron chi connectivity index (χ2n) is 11.2. The van der Waals surface area contributed by atoms with Crippen LogP contribution in [0.5, 0.6) is 0 Å². The Balaban J connectivity index is 1.58. The molecule has 0 spiro atoms. The van der Waals surface area contributed by atoms with Gasteiger partial charge in [-0.15, -0.1) is 0 Å². The molecule has 0 aliphatic rings. The van der Waals surface area contributed by atoms with E-state index in [9.17, 15) is 9.59 Å². The lowest BCUT2D eigenvalue weighted by Crippen LogP contribution is -2.48. The lowest BCUT2D eigenvalue weighted by Gasteiger charge is -2.33. The maximum absolute atomic E-state index is 14.2. The SMILES string of the molecule is CC(C)CN(Cc1cccn1Cc1ccccc1Cl)C(=O)CN(C(=O)C(c1ccccc1)c1ccccc1)C(C)C. The van der Waals surface area contributed by atoms with E-state index in [1.165, 1.54) is 0 Å². The molecule has 2 amide bonds. The van der Waals surface area contributed by atoms with Crippen molar-refractivity contribution in [3.63, 3.8) is 0 Å². The Morgan fingerprint density at radius 3 is 1.93 bits per heavy atom. The second-order valence-corrected chi connectivity index (χ2v) is 11.6. The minimum Gasteiger partial charge on any atom is -0.345 e. The first-order valence-electron chi connectivity index (χ1n) is 14.3. The van der Waals surface area contributed by atoms with Crippen LogP contribution in [0.4, 0.5) is 0 Å². The predicted molar refractivity (Wildman–Crippen MR) is 167 cm³/mol. The average molecular weight is 570 g/mol.